The smallest absolute Gasteiger partial charge is 0.221 e. The molecule has 0 unspecified atom stereocenters. The zero-order valence-corrected chi connectivity index (χ0v) is 11.5. The van der Waals surface area contributed by atoms with Crippen molar-refractivity contribution in [1.29, 1.82) is 0 Å². The van der Waals surface area contributed by atoms with Crippen LogP contribution in [0.15, 0.2) is 60.7 Å². The van der Waals surface area contributed by atoms with E-state index in [0.717, 1.165) is 12.8 Å². The van der Waals surface area contributed by atoms with Gasteiger partial charge in [-0.05, 0) is 35.6 Å². The van der Waals surface area contributed by atoms with E-state index in [-0.39, 0.29) is 5.24 Å². The maximum atomic E-state index is 10.9. The second-order valence-corrected chi connectivity index (χ2v) is 5.04. The molecule has 19 heavy (non-hydrogen) atoms. The average Bonchev–Trinajstić information content (AvgIpc) is 2.45. The Labute approximate surface area is 119 Å². The quantitative estimate of drug-likeness (QED) is 0.693. The molecule has 0 N–H and O–H groups in total. The predicted octanol–water partition coefficient (Wildman–Crippen LogP) is 4.75. The lowest BCUT2D eigenvalue weighted by Gasteiger charge is -2.17. The van der Waals surface area contributed by atoms with E-state index in [4.69, 9.17) is 11.6 Å². The molecule has 2 aromatic carbocycles. The second kappa shape index (κ2) is 7.10. The van der Waals surface area contributed by atoms with Gasteiger partial charge in [0.2, 0.25) is 5.24 Å². The number of carbonyl (C=O) groups is 1. The minimum absolute atomic E-state index is 0.250. The van der Waals surface area contributed by atoms with Crippen LogP contribution in [-0.2, 0) is 4.79 Å². The molecule has 1 nitrogen and oxygen atoms in total. The highest BCUT2D eigenvalue weighted by molar-refractivity contribution is 6.63. The Balaban J connectivity index is 2.17. The van der Waals surface area contributed by atoms with E-state index in [2.05, 4.69) is 48.5 Å². The molecule has 2 heteroatoms. The van der Waals surface area contributed by atoms with Gasteiger partial charge in [0.25, 0.3) is 0 Å². The van der Waals surface area contributed by atoms with Crippen LogP contribution in [0.3, 0.4) is 0 Å². The van der Waals surface area contributed by atoms with Crippen molar-refractivity contribution in [2.45, 2.75) is 25.2 Å². The van der Waals surface area contributed by atoms with Gasteiger partial charge in [0.15, 0.2) is 0 Å². The molecule has 0 bridgehead atoms. The summed E-state index contributed by atoms with van der Waals surface area (Å²) < 4.78 is 0. The fraction of sp³-hybridized carbons (Fsp3) is 0.235. The Morgan fingerprint density at radius 2 is 1.37 bits per heavy atom. The Hall–Kier alpha value is -1.60. The SMILES string of the molecule is O=C(Cl)CCCC(c1ccccc1)c1ccccc1. The van der Waals surface area contributed by atoms with E-state index < -0.39 is 0 Å². The topological polar surface area (TPSA) is 17.1 Å². The first kappa shape index (κ1) is 13.8. The van der Waals surface area contributed by atoms with Crippen LogP contribution in [0.4, 0.5) is 0 Å². The Bertz CT molecular complexity index is 468. The van der Waals surface area contributed by atoms with Gasteiger partial charge >= 0.3 is 0 Å². The van der Waals surface area contributed by atoms with Gasteiger partial charge in [0.1, 0.15) is 0 Å². The summed E-state index contributed by atoms with van der Waals surface area (Å²) in [6.45, 7) is 0. The summed E-state index contributed by atoms with van der Waals surface area (Å²) >= 11 is 5.41. The first-order valence-electron chi connectivity index (χ1n) is 6.55. The molecule has 0 saturated heterocycles. The summed E-state index contributed by atoms with van der Waals surface area (Å²) in [5, 5.41) is -0.250. The summed E-state index contributed by atoms with van der Waals surface area (Å²) in [6.07, 6.45) is 2.20. The van der Waals surface area contributed by atoms with Crippen molar-refractivity contribution in [1.82, 2.24) is 0 Å². The Morgan fingerprint density at radius 3 is 1.79 bits per heavy atom. The van der Waals surface area contributed by atoms with Crippen molar-refractivity contribution in [3.63, 3.8) is 0 Å². The van der Waals surface area contributed by atoms with Gasteiger partial charge in [0, 0.05) is 12.3 Å². The molecule has 0 radical (unpaired) electrons. The highest BCUT2D eigenvalue weighted by Crippen LogP contribution is 2.29. The summed E-state index contributed by atoms with van der Waals surface area (Å²) in [7, 11) is 0. The molecule has 2 rings (SSSR count). The highest BCUT2D eigenvalue weighted by atomic mass is 35.5. The Kier molecular flexibility index (Phi) is 5.17. The van der Waals surface area contributed by atoms with Gasteiger partial charge in [-0.1, -0.05) is 60.7 Å². The molecule has 0 aliphatic rings. The number of halogens is 1. The molecule has 0 saturated carbocycles. The summed E-state index contributed by atoms with van der Waals surface area (Å²) in [5.74, 6) is 0.332. The fourth-order valence-electron chi connectivity index (χ4n) is 2.34. The van der Waals surface area contributed by atoms with Gasteiger partial charge < -0.3 is 0 Å². The summed E-state index contributed by atoms with van der Waals surface area (Å²) in [5.41, 5.74) is 2.58. The van der Waals surface area contributed by atoms with Crippen molar-refractivity contribution in [2.24, 2.45) is 0 Å². The van der Waals surface area contributed by atoms with Gasteiger partial charge in [-0.15, -0.1) is 0 Å². The van der Waals surface area contributed by atoms with Crippen LogP contribution in [0.2, 0.25) is 0 Å². The van der Waals surface area contributed by atoms with Crippen molar-refractivity contribution in [2.75, 3.05) is 0 Å². The molecule has 0 amide bonds. The number of rotatable bonds is 6. The van der Waals surface area contributed by atoms with Crippen LogP contribution in [0, 0.1) is 0 Å². The summed E-state index contributed by atoms with van der Waals surface area (Å²) in [6, 6.07) is 20.8. The number of benzene rings is 2. The number of hydrogen-bond donors (Lipinski definition) is 0. The predicted molar refractivity (Wildman–Crippen MR) is 79.4 cm³/mol. The lowest BCUT2D eigenvalue weighted by molar-refractivity contribution is -0.111. The van der Waals surface area contributed by atoms with Crippen LogP contribution >= 0.6 is 11.6 Å². The normalized spacial score (nSPS) is 10.6. The highest BCUT2D eigenvalue weighted by Gasteiger charge is 2.13. The molecular weight excluding hydrogens is 256 g/mol. The van der Waals surface area contributed by atoms with Crippen LogP contribution < -0.4 is 0 Å². The molecular formula is C17H17ClO. The zero-order chi connectivity index (χ0) is 13.5. The minimum Gasteiger partial charge on any atom is -0.281 e. The largest absolute Gasteiger partial charge is 0.281 e. The van der Waals surface area contributed by atoms with Gasteiger partial charge in [0.05, 0.1) is 0 Å². The number of hydrogen-bond acceptors (Lipinski definition) is 1. The van der Waals surface area contributed by atoms with Crippen molar-refractivity contribution >= 4 is 16.8 Å². The molecule has 0 fully saturated rings. The third kappa shape index (κ3) is 4.22. The van der Waals surface area contributed by atoms with E-state index in [1.54, 1.807) is 0 Å². The lowest BCUT2D eigenvalue weighted by atomic mass is 9.87. The van der Waals surface area contributed by atoms with Gasteiger partial charge in [-0.25, -0.2) is 0 Å². The molecule has 98 valence electrons. The zero-order valence-electron chi connectivity index (χ0n) is 10.8. The molecule has 0 atom stereocenters. The molecule has 0 aliphatic heterocycles. The van der Waals surface area contributed by atoms with E-state index in [0.29, 0.717) is 12.3 Å². The van der Waals surface area contributed by atoms with E-state index in [1.165, 1.54) is 11.1 Å². The van der Waals surface area contributed by atoms with E-state index >= 15 is 0 Å². The Morgan fingerprint density at radius 1 is 0.895 bits per heavy atom. The molecule has 0 heterocycles. The molecule has 2 aromatic rings. The maximum absolute atomic E-state index is 10.9. The molecule has 0 spiro atoms. The average molecular weight is 273 g/mol. The number of carbonyl (C=O) groups excluding carboxylic acids is 1. The standard InChI is InChI=1S/C17H17ClO/c18-17(19)13-7-12-16(14-8-3-1-4-9-14)15-10-5-2-6-11-15/h1-6,8-11,16H,7,12-13H2. The van der Waals surface area contributed by atoms with Crippen LogP contribution in [0.5, 0.6) is 0 Å². The summed E-state index contributed by atoms with van der Waals surface area (Å²) in [4.78, 5) is 10.9. The third-order valence-corrected chi connectivity index (χ3v) is 3.46. The van der Waals surface area contributed by atoms with E-state index in [9.17, 15) is 4.79 Å². The fourth-order valence-corrected chi connectivity index (χ4v) is 2.48. The first-order valence-corrected chi connectivity index (χ1v) is 6.93. The second-order valence-electron chi connectivity index (χ2n) is 4.62. The monoisotopic (exact) mass is 272 g/mol. The molecule has 0 aromatic heterocycles. The molecule has 0 aliphatic carbocycles. The third-order valence-electron chi connectivity index (χ3n) is 3.27. The minimum atomic E-state index is -0.250. The van der Waals surface area contributed by atoms with E-state index in [1.807, 2.05) is 12.1 Å². The van der Waals surface area contributed by atoms with Crippen molar-refractivity contribution < 1.29 is 4.79 Å². The maximum Gasteiger partial charge on any atom is 0.221 e. The van der Waals surface area contributed by atoms with Crippen molar-refractivity contribution in [3.8, 4) is 0 Å². The van der Waals surface area contributed by atoms with Gasteiger partial charge in [-0.2, -0.15) is 0 Å². The van der Waals surface area contributed by atoms with Gasteiger partial charge in [-0.3, -0.25) is 4.79 Å². The lowest BCUT2D eigenvalue weighted by Crippen LogP contribution is -2.02. The van der Waals surface area contributed by atoms with Crippen molar-refractivity contribution in [3.05, 3.63) is 71.8 Å². The van der Waals surface area contributed by atoms with Crippen LogP contribution in [0.1, 0.15) is 36.3 Å². The van der Waals surface area contributed by atoms with Crippen LogP contribution in [0.25, 0.3) is 0 Å². The van der Waals surface area contributed by atoms with Crippen LogP contribution in [-0.4, -0.2) is 5.24 Å². The first-order chi connectivity index (χ1) is 9.27.